The standard InChI is InChI=1S/C10H10F7O2.C6H15P.Ag/c1-7(2,3)5(18)4-6(19)8(11,12)9(13,14)10(15,16)17;1-4-7(5-2)6-3;/h4H,1-3H3;4-6H2,1-3H3;/q-1;;+1/p+1. The van der Waals surface area contributed by atoms with Crippen LogP contribution in [0.2, 0.25) is 0 Å². The first-order valence-corrected chi connectivity index (χ1v) is 10.1. The van der Waals surface area contributed by atoms with Gasteiger partial charge in [0.25, 0.3) is 0 Å². The molecule has 0 aliphatic carbocycles. The largest absolute Gasteiger partial charge is 1.00 e. The van der Waals surface area contributed by atoms with Gasteiger partial charge in [0.1, 0.15) is 0 Å². The SMILES string of the molecule is CC(C)(C)C(=O)[CH-]C(=O)C(F)(F)C(F)(F)C(F)(F)F.CC[PH+](CC)CC.[Ag+]. The molecule has 0 saturated carbocycles. The van der Waals surface area contributed by atoms with Crippen LogP contribution in [0, 0.1) is 11.8 Å². The monoisotopic (exact) mass is 521 g/mol. The van der Waals surface area contributed by atoms with E-state index in [9.17, 15) is 40.3 Å². The summed E-state index contributed by atoms with van der Waals surface area (Å²) >= 11 is 0. The van der Waals surface area contributed by atoms with Gasteiger partial charge < -0.3 is 9.59 Å². The fourth-order valence-electron chi connectivity index (χ4n) is 1.51. The fourth-order valence-corrected chi connectivity index (χ4v) is 3.01. The van der Waals surface area contributed by atoms with Gasteiger partial charge in [0.2, 0.25) is 0 Å². The Morgan fingerprint density at radius 2 is 1.11 bits per heavy atom. The summed E-state index contributed by atoms with van der Waals surface area (Å²) in [6.07, 6.45) is -2.67. The Morgan fingerprint density at radius 1 is 0.778 bits per heavy atom. The third kappa shape index (κ3) is 9.29. The second-order valence-corrected chi connectivity index (χ2v) is 10.2. The van der Waals surface area contributed by atoms with E-state index in [2.05, 4.69) is 20.8 Å². The van der Waals surface area contributed by atoms with Crippen LogP contribution in [-0.4, -0.2) is 48.1 Å². The quantitative estimate of drug-likeness (QED) is 0.146. The van der Waals surface area contributed by atoms with Crippen molar-refractivity contribution in [2.45, 2.75) is 59.6 Å². The predicted molar refractivity (Wildman–Crippen MR) is 89.7 cm³/mol. The number of halogens is 7. The average molecular weight is 522 g/mol. The third-order valence-electron chi connectivity index (χ3n) is 3.56. The molecule has 0 saturated heterocycles. The Hall–Kier alpha value is -0.110. The molecule has 0 bridgehead atoms. The molecule has 0 amide bonds. The van der Waals surface area contributed by atoms with E-state index in [1.54, 1.807) is 0 Å². The van der Waals surface area contributed by atoms with Crippen molar-refractivity contribution < 1.29 is 62.7 Å². The van der Waals surface area contributed by atoms with Crippen LogP contribution in [0.5, 0.6) is 0 Å². The summed E-state index contributed by atoms with van der Waals surface area (Å²) in [6.45, 7) is 10.5. The molecule has 0 aliphatic rings. The third-order valence-corrected chi connectivity index (χ3v) is 6.56. The van der Waals surface area contributed by atoms with Crippen molar-refractivity contribution in [1.82, 2.24) is 0 Å². The zero-order chi connectivity index (χ0) is 21.6. The molecule has 0 N–H and O–H groups in total. The van der Waals surface area contributed by atoms with Crippen LogP contribution in [-0.2, 0) is 32.0 Å². The molecule has 0 unspecified atom stereocenters. The molecule has 0 fully saturated rings. The van der Waals surface area contributed by atoms with Crippen LogP contribution >= 0.6 is 7.92 Å². The zero-order valence-electron chi connectivity index (χ0n) is 16.0. The van der Waals surface area contributed by atoms with Gasteiger partial charge in [-0.25, -0.2) is 0 Å². The van der Waals surface area contributed by atoms with Crippen LogP contribution in [0.25, 0.3) is 0 Å². The molecule has 0 spiro atoms. The first-order chi connectivity index (χ1) is 11.4. The molecule has 166 valence electrons. The number of hydrogen-bond acceptors (Lipinski definition) is 2. The summed E-state index contributed by atoms with van der Waals surface area (Å²) in [5.74, 6) is -16.7. The summed E-state index contributed by atoms with van der Waals surface area (Å²) in [5.41, 5.74) is -1.36. The molecule has 0 heterocycles. The van der Waals surface area contributed by atoms with E-state index in [-0.39, 0.29) is 30.3 Å². The van der Waals surface area contributed by atoms with Gasteiger partial charge in [-0.15, -0.1) is 0 Å². The van der Waals surface area contributed by atoms with Gasteiger partial charge in [0.05, 0.1) is 24.3 Å². The number of hydrogen-bond donors (Lipinski definition) is 0. The van der Waals surface area contributed by atoms with Crippen molar-refractivity contribution in [3.8, 4) is 0 Å². The van der Waals surface area contributed by atoms with Crippen LogP contribution in [0.1, 0.15) is 41.5 Å². The van der Waals surface area contributed by atoms with E-state index in [0.29, 0.717) is 0 Å². The summed E-state index contributed by atoms with van der Waals surface area (Å²) in [6, 6.07) is 0. The summed E-state index contributed by atoms with van der Waals surface area (Å²) in [7, 11) is 0.137. The van der Waals surface area contributed by atoms with Crippen molar-refractivity contribution >= 4 is 19.5 Å². The minimum atomic E-state index is -6.61. The molecule has 0 aliphatic heterocycles. The van der Waals surface area contributed by atoms with E-state index in [1.807, 2.05) is 0 Å². The van der Waals surface area contributed by atoms with Gasteiger partial charge in [-0.1, -0.05) is 20.8 Å². The molecule has 11 heteroatoms. The maximum atomic E-state index is 12.8. The van der Waals surface area contributed by atoms with Gasteiger partial charge in [-0.3, -0.25) is 6.42 Å². The molecule has 0 aromatic heterocycles. The van der Waals surface area contributed by atoms with Crippen molar-refractivity contribution in [3.05, 3.63) is 6.42 Å². The van der Waals surface area contributed by atoms with E-state index < -0.39 is 41.4 Å². The number of carbonyl (C=O) groups excluding carboxylic acids is 2. The van der Waals surface area contributed by atoms with Crippen LogP contribution in [0.4, 0.5) is 30.7 Å². The smallest absolute Gasteiger partial charge is 0.333 e. The minimum absolute atomic E-state index is 0. The van der Waals surface area contributed by atoms with Crippen molar-refractivity contribution in [2.24, 2.45) is 5.41 Å². The molecular weight excluding hydrogens is 496 g/mol. The fraction of sp³-hybridized carbons (Fsp3) is 0.812. The van der Waals surface area contributed by atoms with Gasteiger partial charge in [0, 0.05) is 5.78 Å². The average Bonchev–Trinajstić information content (AvgIpc) is 2.47. The topological polar surface area (TPSA) is 34.1 Å². The summed E-state index contributed by atoms with van der Waals surface area (Å²) < 4.78 is 86.0. The van der Waals surface area contributed by atoms with Gasteiger partial charge in [-0.05, 0) is 34.1 Å². The maximum Gasteiger partial charge on any atom is 1.00 e. The predicted octanol–water partition coefficient (Wildman–Crippen LogP) is 5.47. The number of rotatable bonds is 7. The number of alkyl halides is 7. The second kappa shape index (κ2) is 11.8. The Labute approximate surface area is 172 Å². The Kier molecular flexibility index (Phi) is 13.8. The summed E-state index contributed by atoms with van der Waals surface area (Å²) in [4.78, 5) is 22.0. The van der Waals surface area contributed by atoms with E-state index in [1.165, 1.54) is 39.3 Å². The molecular formula is C16H26AgF7O2P+. The van der Waals surface area contributed by atoms with E-state index >= 15 is 0 Å². The first kappa shape index (κ1) is 31.6. The molecule has 0 atom stereocenters. The maximum absolute atomic E-state index is 12.8. The van der Waals surface area contributed by atoms with Gasteiger partial charge >= 0.3 is 40.4 Å². The van der Waals surface area contributed by atoms with Crippen molar-refractivity contribution in [1.29, 1.82) is 0 Å². The number of ketones is 2. The van der Waals surface area contributed by atoms with E-state index in [4.69, 9.17) is 0 Å². The molecule has 0 aromatic rings. The molecule has 0 aromatic carbocycles. The molecule has 27 heavy (non-hydrogen) atoms. The van der Waals surface area contributed by atoms with Gasteiger partial charge in [-0.2, -0.15) is 30.7 Å². The molecule has 0 rings (SSSR count). The zero-order valence-corrected chi connectivity index (χ0v) is 18.4. The van der Waals surface area contributed by atoms with Gasteiger partial charge in [0.15, 0.2) is 0 Å². The Bertz CT molecular complexity index is 465. The normalized spacial score (nSPS) is 12.7. The van der Waals surface area contributed by atoms with Crippen molar-refractivity contribution in [3.63, 3.8) is 0 Å². The molecule has 2 nitrogen and oxygen atoms in total. The van der Waals surface area contributed by atoms with Crippen LogP contribution < -0.4 is 0 Å². The second-order valence-electron chi connectivity index (χ2n) is 6.58. The number of Topliss-reactive ketones (excluding diaryl/α,β-unsaturated/α-hetero) is 2. The minimum Gasteiger partial charge on any atom is -0.333 e. The van der Waals surface area contributed by atoms with Crippen LogP contribution in [0.3, 0.4) is 0 Å². The van der Waals surface area contributed by atoms with E-state index in [0.717, 1.165) is 0 Å². The Morgan fingerprint density at radius 3 is 1.30 bits per heavy atom. The number of carbonyl (C=O) groups is 2. The van der Waals surface area contributed by atoms with Crippen molar-refractivity contribution in [2.75, 3.05) is 18.5 Å². The summed E-state index contributed by atoms with van der Waals surface area (Å²) in [5, 5.41) is 0. The Balaban J connectivity index is -0.000000612. The first-order valence-electron chi connectivity index (χ1n) is 7.99. The van der Waals surface area contributed by atoms with Crippen LogP contribution in [0.15, 0.2) is 0 Å². The molecule has 0 radical (unpaired) electrons.